The maximum atomic E-state index is 12.8. The van der Waals surface area contributed by atoms with Crippen molar-refractivity contribution in [2.24, 2.45) is 5.92 Å². The molecule has 2 aliphatic rings. The number of rotatable bonds is 7. The molecule has 2 fully saturated rings. The van der Waals surface area contributed by atoms with Crippen molar-refractivity contribution in [3.05, 3.63) is 24.5 Å². The highest BCUT2D eigenvalue weighted by molar-refractivity contribution is 5.88. The fourth-order valence-electron chi connectivity index (χ4n) is 3.80. The summed E-state index contributed by atoms with van der Waals surface area (Å²) in [4.78, 5) is 33.3. The molecule has 2 saturated heterocycles. The zero-order chi connectivity index (χ0) is 19.9. The van der Waals surface area contributed by atoms with E-state index in [1.165, 1.54) is 0 Å². The number of nitrogens with one attached hydrogen (secondary N) is 1. The first kappa shape index (κ1) is 20.6. The summed E-state index contributed by atoms with van der Waals surface area (Å²) in [5.41, 5.74) is 0. The second-order valence-corrected chi connectivity index (χ2v) is 8.12. The lowest BCUT2D eigenvalue weighted by atomic mass is 10.0. The summed E-state index contributed by atoms with van der Waals surface area (Å²) in [6.07, 6.45) is 6.44. The Morgan fingerprint density at radius 2 is 2.11 bits per heavy atom. The number of amides is 2. The Morgan fingerprint density at radius 1 is 1.32 bits per heavy atom. The summed E-state index contributed by atoms with van der Waals surface area (Å²) in [5, 5.41) is 2.92. The molecule has 1 N–H and O–H groups in total. The van der Waals surface area contributed by atoms with Gasteiger partial charge in [0.15, 0.2) is 0 Å². The normalized spacial score (nSPS) is 21.6. The maximum Gasteiger partial charge on any atom is 0.237 e. The summed E-state index contributed by atoms with van der Waals surface area (Å²) in [7, 11) is 0. The number of hydrogen-bond acceptors (Lipinski definition) is 5. The SMILES string of the molecule is CC(C)CCN1CCNC(=O)[C@@H]1CC(=O)N1CCC(Oc2cccnc2)CC1. The molecule has 7 nitrogen and oxygen atoms in total. The first-order valence-corrected chi connectivity index (χ1v) is 10.4. The Kier molecular flexibility index (Phi) is 7.25. The van der Waals surface area contributed by atoms with Crippen LogP contribution in [-0.4, -0.2) is 71.5 Å². The average molecular weight is 389 g/mol. The summed E-state index contributed by atoms with van der Waals surface area (Å²) >= 11 is 0. The molecule has 0 aromatic carbocycles. The predicted molar refractivity (Wildman–Crippen MR) is 107 cm³/mol. The van der Waals surface area contributed by atoms with Crippen LogP contribution in [-0.2, 0) is 9.59 Å². The number of aromatic nitrogens is 1. The number of pyridine rings is 1. The number of ether oxygens (including phenoxy) is 1. The quantitative estimate of drug-likeness (QED) is 0.769. The minimum absolute atomic E-state index is 0.0156. The number of piperazine rings is 1. The molecule has 2 amide bonds. The van der Waals surface area contributed by atoms with Crippen LogP contribution >= 0.6 is 0 Å². The molecule has 0 radical (unpaired) electrons. The van der Waals surface area contributed by atoms with E-state index in [2.05, 4.69) is 29.0 Å². The lowest BCUT2D eigenvalue weighted by Gasteiger charge is -2.37. The fraction of sp³-hybridized carbons (Fsp3) is 0.667. The Balaban J connectivity index is 1.49. The minimum atomic E-state index is -0.343. The van der Waals surface area contributed by atoms with Crippen molar-refractivity contribution in [2.45, 2.75) is 51.7 Å². The van der Waals surface area contributed by atoms with Gasteiger partial charge in [-0.3, -0.25) is 19.5 Å². The van der Waals surface area contributed by atoms with E-state index < -0.39 is 0 Å². The van der Waals surface area contributed by atoms with Gasteiger partial charge in [0.1, 0.15) is 11.9 Å². The van der Waals surface area contributed by atoms with Crippen molar-refractivity contribution in [3.63, 3.8) is 0 Å². The first-order valence-electron chi connectivity index (χ1n) is 10.4. The van der Waals surface area contributed by atoms with Crippen LogP contribution in [0.15, 0.2) is 24.5 Å². The Labute approximate surface area is 167 Å². The highest BCUT2D eigenvalue weighted by Crippen LogP contribution is 2.20. The number of piperidine rings is 1. The van der Waals surface area contributed by atoms with Crippen molar-refractivity contribution in [3.8, 4) is 5.75 Å². The number of nitrogens with zero attached hydrogens (tertiary/aromatic N) is 3. The van der Waals surface area contributed by atoms with Crippen LogP contribution in [0.4, 0.5) is 0 Å². The summed E-state index contributed by atoms with van der Waals surface area (Å²) < 4.78 is 5.95. The molecule has 1 aromatic rings. The Morgan fingerprint density at radius 3 is 2.79 bits per heavy atom. The van der Waals surface area contributed by atoms with Crippen LogP contribution in [0.1, 0.15) is 39.5 Å². The summed E-state index contributed by atoms with van der Waals surface area (Å²) in [6, 6.07) is 3.41. The zero-order valence-corrected chi connectivity index (χ0v) is 17.0. The van der Waals surface area contributed by atoms with E-state index in [-0.39, 0.29) is 30.4 Å². The van der Waals surface area contributed by atoms with Gasteiger partial charge >= 0.3 is 0 Å². The van der Waals surface area contributed by atoms with Crippen molar-refractivity contribution in [1.82, 2.24) is 20.1 Å². The molecule has 28 heavy (non-hydrogen) atoms. The summed E-state index contributed by atoms with van der Waals surface area (Å²) in [5.74, 6) is 1.40. The predicted octanol–water partition coefficient (Wildman–Crippen LogP) is 1.69. The fourth-order valence-corrected chi connectivity index (χ4v) is 3.80. The van der Waals surface area contributed by atoms with Crippen molar-refractivity contribution >= 4 is 11.8 Å². The third-order valence-corrected chi connectivity index (χ3v) is 5.54. The molecular formula is C21H32N4O3. The monoisotopic (exact) mass is 388 g/mol. The van der Waals surface area contributed by atoms with Gasteiger partial charge in [-0.05, 0) is 31.0 Å². The maximum absolute atomic E-state index is 12.8. The molecule has 154 valence electrons. The van der Waals surface area contributed by atoms with E-state index in [0.29, 0.717) is 25.6 Å². The van der Waals surface area contributed by atoms with E-state index in [1.54, 1.807) is 12.4 Å². The van der Waals surface area contributed by atoms with Gasteiger partial charge in [-0.15, -0.1) is 0 Å². The zero-order valence-electron chi connectivity index (χ0n) is 17.0. The lowest BCUT2D eigenvalue weighted by molar-refractivity contribution is -0.140. The standard InChI is InChI=1S/C21H32N4O3/c1-16(2)5-10-24-13-9-23-21(27)19(24)14-20(26)25-11-6-17(7-12-25)28-18-4-3-8-22-15-18/h3-4,8,15-17,19H,5-7,9-14H2,1-2H3,(H,23,27)/t19-/m0/s1. The average Bonchev–Trinajstić information content (AvgIpc) is 2.69. The van der Waals surface area contributed by atoms with Gasteiger partial charge in [0, 0.05) is 45.2 Å². The number of carbonyl (C=O) groups is 2. The largest absolute Gasteiger partial charge is 0.489 e. The molecule has 1 aromatic heterocycles. The van der Waals surface area contributed by atoms with Crippen LogP contribution in [0.2, 0.25) is 0 Å². The second-order valence-electron chi connectivity index (χ2n) is 8.12. The van der Waals surface area contributed by atoms with Crippen LogP contribution in [0.3, 0.4) is 0 Å². The topological polar surface area (TPSA) is 74.8 Å². The summed E-state index contributed by atoms with van der Waals surface area (Å²) in [6.45, 7) is 8.05. The second kappa shape index (κ2) is 9.87. The van der Waals surface area contributed by atoms with Gasteiger partial charge in [0.05, 0.1) is 18.7 Å². The third-order valence-electron chi connectivity index (χ3n) is 5.54. The molecule has 3 rings (SSSR count). The van der Waals surface area contributed by atoms with E-state index in [0.717, 1.165) is 38.1 Å². The van der Waals surface area contributed by atoms with E-state index in [9.17, 15) is 9.59 Å². The van der Waals surface area contributed by atoms with Gasteiger partial charge in [-0.25, -0.2) is 0 Å². The van der Waals surface area contributed by atoms with Crippen molar-refractivity contribution < 1.29 is 14.3 Å². The number of hydrogen-bond donors (Lipinski definition) is 1. The minimum Gasteiger partial charge on any atom is -0.489 e. The molecule has 7 heteroatoms. The van der Waals surface area contributed by atoms with Crippen molar-refractivity contribution in [1.29, 1.82) is 0 Å². The van der Waals surface area contributed by atoms with Crippen LogP contribution in [0.5, 0.6) is 5.75 Å². The Hall–Kier alpha value is -2.15. The molecule has 1 atom stereocenters. The van der Waals surface area contributed by atoms with Gasteiger partial charge in [-0.1, -0.05) is 13.8 Å². The van der Waals surface area contributed by atoms with Crippen LogP contribution < -0.4 is 10.1 Å². The molecule has 0 unspecified atom stereocenters. The molecule has 2 aliphatic heterocycles. The smallest absolute Gasteiger partial charge is 0.237 e. The van der Waals surface area contributed by atoms with Crippen LogP contribution in [0, 0.1) is 5.92 Å². The lowest BCUT2D eigenvalue weighted by Crippen LogP contribution is -2.57. The Bertz CT molecular complexity index is 644. The van der Waals surface area contributed by atoms with Gasteiger partial charge in [0.25, 0.3) is 0 Å². The van der Waals surface area contributed by atoms with E-state index >= 15 is 0 Å². The number of carbonyl (C=O) groups excluding carboxylic acids is 2. The molecular weight excluding hydrogens is 356 g/mol. The molecule has 0 bridgehead atoms. The third kappa shape index (κ3) is 5.67. The van der Waals surface area contributed by atoms with Crippen molar-refractivity contribution in [2.75, 3.05) is 32.7 Å². The van der Waals surface area contributed by atoms with Gasteiger partial charge < -0.3 is 15.0 Å². The number of likely N-dealkylation sites (tertiary alicyclic amines) is 1. The highest BCUT2D eigenvalue weighted by Gasteiger charge is 2.33. The van der Waals surface area contributed by atoms with Gasteiger partial charge in [0.2, 0.25) is 11.8 Å². The van der Waals surface area contributed by atoms with E-state index in [4.69, 9.17) is 4.74 Å². The molecule has 0 spiro atoms. The molecule has 3 heterocycles. The molecule has 0 aliphatic carbocycles. The highest BCUT2D eigenvalue weighted by atomic mass is 16.5. The van der Waals surface area contributed by atoms with Crippen LogP contribution in [0.25, 0.3) is 0 Å². The first-order chi connectivity index (χ1) is 13.5. The van der Waals surface area contributed by atoms with Gasteiger partial charge in [-0.2, -0.15) is 0 Å². The van der Waals surface area contributed by atoms with E-state index in [1.807, 2.05) is 17.0 Å². The molecule has 0 saturated carbocycles.